The number of nitrogens with one attached hydrogen (secondary N) is 1. The summed E-state index contributed by atoms with van der Waals surface area (Å²) in [7, 11) is 0. The van der Waals surface area contributed by atoms with Gasteiger partial charge in [-0.25, -0.2) is 0 Å². The smallest absolute Gasteiger partial charge is 0.161 e. The Hall–Kier alpha value is -2.21. The summed E-state index contributed by atoms with van der Waals surface area (Å²) < 4.78 is 11.7. The number of para-hydroxylation sites is 2. The van der Waals surface area contributed by atoms with Crippen molar-refractivity contribution >= 4 is 22.5 Å². The first kappa shape index (κ1) is 18.8. The number of aliphatic hydroxyl groups is 1. The van der Waals surface area contributed by atoms with E-state index in [2.05, 4.69) is 22.1 Å². The highest BCUT2D eigenvalue weighted by Gasteiger charge is 2.30. The molecule has 0 amide bonds. The highest BCUT2D eigenvalue weighted by molar-refractivity contribution is 6.31. The normalized spacial score (nSPS) is 21.4. The Morgan fingerprint density at radius 1 is 1.14 bits per heavy atom. The van der Waals surface area contributed by atoms with E-state index in [4.69, 9.17) is 21.1 Å². The van der Waals surface area contributed by atoms with Crippen molar-refractivity contribution in [2.24, 2.45) is 0 Å². The van der Waals surface area contributed by atoms with Crippen molar-refractivity contribution in [2.75, 3.05) is 26.2 Å². The first-order valence-electron chi connectivity index (χ1n) is 10.2. The Morgan fingerprint density at radius 3 is 2.76 bits per heavy atom. The number of hydrogen-bond donors (Lipinski definition) is 2. The van der Waals surface area contributed by atoms with Crippen LogP contribution in [0.25, 0.3) is 10.9 Å². The van der Waals surface area contributed by atoms with Gasteiger partial charge in [0.1, 0.15) is 12.7 Å². The molecule has 2 aromatic carbocycles. The molecule has 0 saturated carbocycles. The number of ether oxygens (including phenoxy) is 2. The van der Waals surface area contributed by atoms with Gasteiger partial charge < -0.3 is 24.5 Å². The van der Waals surface area contributed by atoms with Crippen molar-refractivity contribution in [1.29, 1.82) is 0 Å². The van der Waals surface area contributed by atoms with Crippen LogP contribution in [-0.2, 0) is 0 Å². The molecule has 3 aromatic rings. The van der Waals surface area contributed by atoms with Crippen LogP contribution >= 0.6 is 11.6 Å². The second-order valence-corrected chi connectivity index (χ2v) is 8.43. The molecular formula is C23H25ClN2O3. The van der Waals surface area contributed by atoms with Gasteiger partial charge in [0.2, 0.25) is 0 Å². The van der Waals surface area contributed by atoms with Gasteiger partial charge in [-0.3, -0.25) is 0 Å². The lowest BCUT2D eigenvalue weighted by Crippen LogP contribution is -2.47. The van der Waals surface area contributed by atoms with Crippen LogP contribution in [-0.4, -0.2) is 53.4 Å². The van der Waals surface area contributed by atoms with Crippen LogP contribution < -0.4 is 9.47 Å². The molecule has 5 rings (SSSR count). The molecule has 2 N–H and O–H groups in total. The Labute approximate surface area is 175 Å². The van der Waals surface area contributed by atoms with Crippen molar-refractivity contribution in [3.8, 4) is 11.5 Å². The lowest BCUT2D eigenvalue weighted by molar-refractivity contribution is -0.0280. The third kappa shape index (κ3) is 3.82. The lowest BCUT2D eigenvalue weighted by Gasteiger charge is -2.36. The summed E-state index contributed by atoms with van der Waals surface area (Å²) in [6.07, 6.45) is 3.35. The molecule has 2 atom stereocenters. The fourth-order valence-corrected chi connectivity index (χ4v) is 4.66. The van der Waals surface area contributed by atoms with E-state index in [9.17, 15) is 5.11 Å². The predicted molar refractivity (Wildman–Crippen MR) is 114 cm³/mol. The van der Waals surface area contributed by atoms with Crippen LogP contribution in [0, 0.1) is 0 Å². The van der Waals surface area contributed by atoms with Gasteiger partial charge >= 0.3 is 0 Å². The predicted octanol–water partition coefficient (Wildman–Crippen LogP) is 4.20. The summed E-state index contributed by atoms with van der Waals surface area (Å²) in [6, 6.07) is 13.6. The number of H-pyrrole nitrogens is 1. The average molecular weight is 413 g/mol. The van der Waals surface area contributed by atoms with Crippen LogP contribution in [0.4, 0.5) is 0 Å². The topological polar surface area (TPSA) is 57.7 Å². The van der Waals surface area contributed by atoms with Crippen molar-refractivity contribution in [3.63, 3.8) is 0 Å². The number of β-amino-alcohol motifs (C(OH)–C–C–N with tert-alkyl or cyclic N) is 1. The molecular weight excluding hydrogens is 388 g/mol. The monoisotopic (exact) mass is 412 g/mol. The number of aromatic nitrogens is 1. The second kappa shape index (κ2) is 7.90. The second-order valence-electron chi connectivity index (χ2n) is 7.99. The Morgan fingerprint density at radius 2 is 1.93 bits per heavy atom. The number of nitrogens with zero attached hydrogens (tertiary/aromatic N) is 1. The number of likely N-dealkylation sites (tertiary alicyclic amines) is 1. The van der Waals surface area contributed by atoms with E-state index in [0.29, 0.717) is 24.8 Å². The molecule has 2 unspecified atom stereocenters. The molecule has 0 spiro atoms. The molecule has 0 aliphatic carbocycles. The van der Waals surface area contributed by atoms with Gasteiger partial charge in [0.25, 0.3) is 0 Å². The molecule has 1 fully saturated rings. The maximum absolute atomic E-state index is 10.7. The summed E-state index contributed by atoms with van der Waals surface area (Å²) in [6.45, 7) is 2.89. The first-order chi connectivity index (χ1) is 14.2. The molecule has 0 radical (unpaired) electrons. The van der Waals surface area contributed by atoms with Crippen molar-refractivity contribution in [3.05, 3.63) is 59.2 Å². The maximum Gasteiger partial charge on any atom is 0.161 e. The third-order valence-corrected chi connectivity index (χ3v) is 6.34. The molecule has 3 heterocycles. The van der Waals surface area contributed by atoms with E-state index in [1.165, 1.54) is 10.9 Å². The van der Waals surface area contributed by atoms with Crippen LogP contribution in [0.2, 0.25) is 5.02 Å². The van der Waals surface area contributed by atoms with E-state index in [-0.39, 0.29) is 6.10 Å². The molecule has 2 aliphatic rings. The van der Waals surface area contributed by atoms with E-state index < -0.39 is 6.10 Å². The zero-order valence-electron chi connectivity index (χ0n) is 16.2. The van der Waals surface area contributed by atoms with Crippen LogP contribution in [0.15, 0.2) is 48.7 Å². The van der Waals surface area contributed by atoms with Gasteiger partial charge in [0.05, 0.1) is 0 Å². The van der Waals surface area contributed by atoms with E-state index in [0.717, 1.165) is 42.2 Å². The SMILES string of the molecule is OC(CN1CCC(c2c[nH]c3ccc(Cl)cc23)CC1)C1COc2ccccc2O1. The standard InChI is InChI=1S/C23H25ClN2O3/c24-16-5-6-19-17(11-16)18(12-25-19)15-7-9-26(10-8-15)13-20(27)23-14-28-21-3-1-2-4-22(21)29-23/h1-6,11-12,15,20,23,25,27H,7-10,13-14H2. The van der Waals surface area contributed by atoms with Crippen molar-refractivity contribution < 1.29 is 14.6 Å². The Balaban J connectivity index is 1.18. The lowest BCUT2D eigenvalue weighted by atomic mass is 9.89. The third-order valence-electron chi connectivity index (χ3n) is 6.11. The zero-order chi connectivity index (χ0) is 19.8. The molecule has 152 valence electrons. The van der Waals surface area contributed by atoms with Crippen molar-refractivity contribution in [2.45, 2.75) is 31.0 Å². The average Bonchev–Trinajstić information content (AvgIpc) is 3.17. The molecule has 2 aliphatic heterocycles. The van der Waals surface area contributed by atoms with Gasteiger partial charge in [-0.15, -0.1) is 0 Å². The Bertz CT molecular complexity index is 997. The molecule has 0 bridgehead atoms. The van der Waals surface area contributed by atoms with E-state index in [1.54, 1.807) is 0 Å². The zero-order valence-corrected chi connectivity index (χ0v) is 16.9. The molecule has 5 nitrogen and oxygen atoms in total. The highest BCUT2D eigenvalue weighted by Crippen LogP contribution is 2.35. The van der Waals surface area contributed by atoms with Gasteiger partial charge in [0.15, 0.2) is 17.6 Å². The number of halogens is 1. The highest BCUT2D eigenvalue weighted by atomic mass is 35.5. The minimum absolute atomic E-state index is 0.335. The number of aromatic amines is 1. The van der Waals surface area contributed by atoms with E-state index in [1.807, 2.05) is 36.4 Å². The van der Waals surface area contributed by atoms with Gasteiger partial charge in [0, 0.05) is 28.7 Å². The van der Waals surface area contributed by atoms with Gasteiger partial charge in [-0.1, -0.05) is 23.7 Å². The summed E-state index contributed by atoms with van der Waals surface area (Å²) >= 11 is 6.20. The minimum atomic E-state index is -0.577. The Kier molecular flexibility index (Phi) is 5.12. The number of aliphatic hydroxyl groups excluding tert-OH is 1. The molecule has 29 heavy (non-hydrogen) atoms. The quantitative estimate of drug-likeness (QED) is 0.674. The number of fused-ring (bicyclic) bond motifs is 2. The summed E-state index contributed by atoms with van der Waals surface area (Å²) in [5, 5.41) is 12.7. The fraction of sp³-hybridized carbons (Fsp3) is 0.391. The number of piperidine rings is 1. The summed E-state index contributed by atoms with van der Waals surface area (Å²) in [5.74, 6) is 1.96. The molecule has 6 heteroatoms. The van der Waals surface area contributed by atoms with Crippen LogP contribution in [0.1, 0.15) is 24.3 Å². The number of benzene rings is 2. The number of hydrogen-bond acceptors (Lipinski definition) is 4. The summed E-state index contributed by atoms with van der Waals surface area (Å²) in [5.41, 5.74) is 2.49. The van der Waals surface area contributed by atoms with Crippen LogP contribution in [0.5, 0.6) is 11.5 Å². The van der Waals surface area contributed by atoms with Gasteiger partial charge in [-0.05, 0) is 67.7 Å². The maximum atomic E-state index is 10.7. The molecule has 1 aromatic heterocycles. The summed E-state index contributed by atoms with van der Waals surface area (Å²) in [4.78, 5) is 5.69. The first-order valence-corrected chi connectivity index (χ1v) is 10.6. The fourth-order valence-electron chi connectivity index (χ4n) is 4.49. The molecule has 1 saturated heterocycles. The van der Waals surface area contributed by atoms with Gasteiger partial charge in [-0.2, -0.15) is 0 Å². The van der Waals surface area contributed by atoms with Crippen LogP contribution in [0.3, 0.4) is 0 Å². The number of rotatable bonds is 4. The largest absolute Gasteiger partial charge is 0.486 e. The van der Waals surface area contributed by atoms with E-state index >= 15 is 0 Å². The van der Waals surface area contributed by atoms with Crippen molar-refractivity contribution in [1.82, 2.24) is 9.88 Å². The minimum Gasteiger partial charge on any atom is -0.486 e.